The number of aliphatic imine (C=N–C) groups is 1. The highest BCUT2D eigenvalue weighted by Crippen LogP contribution is 2.03. The lowest BCUT2D eigenvalue weighted by atomic mass is 10.3. The molecule has 7 heteroatoms. The van der Waals surface area contributed by atoms with Crippen LogP contribution < -0.4 is 16.0 Å². The number of benzene rings is 1. The van der Waals surface area contributed by atoms with Crippen LogP contribution in [-0.2, 0) is 9.59 Å². The molecular formula is C14H21N5O2. The van der Waals surface area contributed by atoms with Gasteiger partial charge in [0.15, 0.2) is 5.96 Å². The first-order valence-electron chi connectivity index (χ1n) is 6.52. The van der Waals surface area contributed by atoms with Crippen LogP contribution in [0.2, 0.25) is 0 Å². The van der Waals surface area contributed by atoms with Gasteiger partial charge in [-0.15, -0.1) is 0 Å². The Bertz CT molecular complexity index is 499. The third kappa shape index (κ3) is 6.42. The number of nitrogens with one attached hydrogen (secondary N) is 3. The summed E-state index contributed by atoms with van der Waals surface area (Å²) in [6, 6.07) is 9.18. The summed E-state index contributed by atoms with van der Waals surface area (Å²) in [5, 5.41) is 8.42. The average Bonchev–Trinajstić information content (AvgIpc) is 2.48. The molecule has 1 aromatic carbocycles. The molecule has 21 heavy (non-hydrogen) atoms. The Morgan fingerprint density at radius 1 is 1.10 bits per heavy atom. The summed E-state index contributed by atoms with van der Waals surface area (Å²) in [5.74, 6) is 0.128. The zero-order valence-electron chi connectivity index (χ0n) is 12.5. The summed E-state index contributed by atoms with van der Waals surface area (Å²) >= 11 is 0. The van der Waals surface area contributed by atoms with E-state index in [1.165, 1.54) is 4.90 Å². The van der Waals surface area contributed by atoms with E-state index in [-0.39, 0.29) is 24.9 Å². The Morgan fingerprint density at radius 2 is 1.71 bits per heavy atom. The second-order valence-electron chi connectivity index (χ2n) is 4.48. The number of likely N-dealkylation sites (N-methyl/N-ethyl adjacent to an activating group) is 1. The van der Waals surface area contributed by atoms with Gasteiger partial charge in [0.05, 0.1) is 13.1 Å². The lowest BCUT2D eigenvalue weighted by molar-refractivity contribution is -0.127. The fourth-order valence-electron chi connectivity index (χ4n) is 1.43. The highest BCUT2D eigenvalue weighted by Gasteiger charge is 2.07. The van der Waals surface area contributed by atoms with E-state index < -0.39 is 0 Å². The molecule has 7 nitrogen and oxygen atoms in total. The van der Waals surface area contributed by atoms with E-state index >= 15 is 0 Å². The molecule has 0 saturated carbocycles. The van der Waals surface area contributed by atoms with Crippen molar-refractivity contribution in [2.75, 3.05) is 39.5 Å². The van der Waals surface area contributed by atoms with E-state index in [4.69, 9.17) is 0 Å². The lowest BCUT2D eigenvalue weighted by Crippen LogP contribution is -2.45. The average molecular weight is 291 g/mol. The number of guanidine groups is 1. The smallest absolute Gasteiger partial charge is 0.243 e. The lowest BCUT2D eigenvalue weighted by Gasteiger charge is -2.14. The van der Waals surface area contributed by atoms with Crippen LogP contribution in [0, 0.1) is 0 Å². The van der Waals surface area contributed by atoms with Crippen molar-refractivity contribution in [3.8, 4) is 0 Å². The third-order valence-corrected chi connectivity index (χ3v) is 2.60. The zero-order chi connectivity index (χ0) is 15.7. The summed E-state index contributed by atoms with van der Waals surface area (Å²) in [7, 11) is 4.92. The first-order valence-corrected chi connectivity index (χ1v) is 6.52. The van der Waals surface area contributed by atoms with Gasteiger partial charge >= 0.3 is 0 Å². The van der Waals surface area contributed by atoms with Gasteiger partial charge in [-0.3, -0.25) is 14.6 Å². The number of carbonyl (C=O) groups is 2. The molecule has 0 heterocycles. The second kappa shape index (κ2) is 8.57. The summed E-state index contributed by atoms with van der Waals surface area (Å²) in [6.45, 7) is 0.178. The van der Waals surface area contributed by atoms with Crippen LogP contribution >= 0.6 is 0 Å². The minimum absolute atomic E-state index is 0.0602. The van der Waals surface area contributed by atoms with Crippen molar-refractivity contribution < 1.29 is 9.59 Å². The number of rotatable bonds is 5. The molecule has 114 valence electrons. The van der Waals surface area contributed by atoms with E-state index in [2.05, 4.69) is 20.9 Å². The monoisotopic (exact) mass is 291 g/mol. The minimum atomic E-state index is -0.192. The molecule has 0 spiro atoms. The minimum Gasteiger partial charge on any atom is -0.347 e. The van der Waals surface area contributed by atoms with Gasteiger partial charge in [-0.05, 0) is 12.1 Å². The molecular weight excluding hydrogens is 270 g/mol. The summed E-state index contributed by atoms with van der Waals surface area (Å²) in [4.78, 5) is 28.6. The molecule has 0 bridgehead atoms. The largest absolute Gasteiger partial charge is 0.347 e. The molecule has 0 unspecified atom stereocenters. The van der Waals surface area contributed by atoms with Gasteiger partial charge in [-0.1, -0.05) is 18.2 Å². The molecule has 0 aromatic heterocycles. The quantitative estimate of drug-likeness (QED) is 0.521. The van der Waals surface area contributed by atoms with Crippen molar-refractivity contribution in [2.45, 2.75) is 0 Å². The molecule has 0 fully saturated rings. The molecule has 3 N–H and O–H groups in total. The Balaban J connectivity index is 2.35. The van der Waals surface area contributed by atoms with Crippen molar-refractivity contribution >= 4 is 23.5 Å². The van der Waals surface area contributed by atoms with E-state index in [9.17, 15) is 9.59 Å². The molecule has 0 radical (unpaired) electrons. The first kappa shape index (κ1) is 16.5. The number of anilines is 1. The van der Waals surface area contributed by atoms with Gasteiger partial charge in [0.1, 0.15) is 0 Å². The van der Waals surface area contributed by atoms with E-state index in [1.54, 1.807) is 33.3 Å². The Kier molecular flexibility index (Phi) is 6.73. The van der Waals surface area contributed by atoms with Gasteiger partial charge in [-0.2, -0.15) is 0 Å². The van der Waals surface area contributed by atoms with Gasteiger partial charge in [0.2, 0.25) is 11.8 Å². The van der Waals surface area contributed by atoms with Crippen LogP contribution in [-0.4, -0.2) is 56.9 Å². The number of carbonyl (C=O) groups excluding carboxylic acids is 2. The third-order valence-electron chi connectivity index (χ3n) is 2.60. The normalized spacial score (nSPS) is 10.7. The highest BCUT2D eigenvalue weighted by atomic mass is 16.2. The van der Waals surface area contributed by atoms with Crippen LogP contribution in [0.3, 0.4) is 0 Å². The van der Waals surface area contributed by atoms with Crippen molar-refractivity contribution in [1.29, 1.82) is 0 Å². The number of para-hydroxylation sites is 1. The molecule has 0 aliphatic heterocycles. The van der Waals surface area contributed by atoms with Gasteiger partial charge in [0, 0.05) is 26.8 Å². The van der Waals surface area contributed by atoms with E-state index in [0.29, 0.717) is 5.96 Å². The first-order chi connectivity index (χ1) is 10.0. The molecule has 0 saturated heterocycles. The molecule has 0 aliphatic rings. The SMILES string of the molecule is CN=C(NCC(=O)Nc1ccccc1)NCC(=O)N(C)C. The predicted octanol–water partition coefficient (Wildman–Crippen LogP) is -0.122. The van der Waals surface area contributed by atoms with Gasteiger partial charge in [-0.25, -0.2) is 0 Å². The van der Waals surface area contributed by atoms with Crippen LogP contribution in [0.15, 0.2) is 35.3 Å². The predicted molar refractivity (Wildman–Crippen MR) is 83.1 cm³/mol. The van der Waals surface area contributed by atoms with Crippen molar-refractivity contribution in [3.05, 3.63) is 30.3 Å². The van der Waals surface area contributed by atoms with Crippen LogP contribution in [0.25, 0.3) is 0 Å². The zero-order valence-corrected chi connectivity index (χ0v) is 12.5. The van der Waals surface area contributed by atoms with Gasteiger partial charge < -0.3 is 20.9 Å². The molecule has 1 aromatic rings. The van der Waals surface area contributed by atoms with E-state index in [1.807, 2.05) is 18.2 Å². The number of hydrogen-bond donors (Lipinski definition) is 3. The maximum Gasteiger partial charge on any atom is 0.243 e. The number of hydrogen-bond acceptors (Lipinski definition) is 3. The molecule has 2 amide bonds. The van der Waals surface area contributed by atoms with Crippen LogP contribution in [0.1, 0.15) is 0 Å². The molecule has 0 aliphatic carbocycles. The maximum atomic E-state index is 11.7. The standard InChI is InChI=1S/C14H21N5O2/c1-15-14(17-10-13(21)19(2)3)16-9-12(20)18-11-7-5-4-6-8-11/h4-8H,9-10H2,1-3H3,(H,18,20)(H2,15,16,17). The number of amides is 2. The Hall–Kier alpha value is -2.57. The van der Waals surface area contributed by atoms with Crippen molar-refractivity contribution in [1.82, 2.24) is 15.5 Å². The Labute approximate surface area is 124 Å². The van der Waals surface area contributed by atoms with Gasteiger partial charge in [0.25, 0.3) is 0 Å². The summed E-state index contributed by atoms with van der Waals surface area (Å²) in [5.41, 5.74) is 0.732. The van der Waals surface area contributed by atoms with Crippen molar-refractivity contribution in [3.63, 3.8) is 0 Å². The molecule has 0 atom stereocenters. The summed E-state index contributed by atoms with van der Waals surface area (Å²) in [6.07, 6.45) is 0. The van der Waals surface area contributed by atoms with Crippen LogP contribution in [0.4, 0.5) is 5.69 Å². The maximum absolute atomic E-state index is 11.7. The van der Waals surface area contributed by atoms with Crippen LogP contribution in [0.5, 0.6) is 0 Å². The fraction of sp³-hybridized carbons (Fsp3) is 0.357. The van der Waals surface area contributed by atoms with E-state index in [0.717, 1.165) is 5.69 Å². The van der Waals surface area contributed by atoms with Crippen molar-refractivity contribution in [2.24, 2.45) is 4.99 Å². The second-order valence-corrected chi connectivity index (χ2v) is 4.48. The topological polar surface area (TPSA) is 85.8 Å². The highest BCUT2D eigenvalue weighted by molar-refractivity contribution is 5.95. The fourth-order valence-corrected chi connectivity index (χ4v) is 1.43. The summed E-state index contributed by atoms with van der Waals surface area (Å²) < 4.78 is 0. The molecule has 1 rings (SSSR count). The Morgan fingerprint density at radius 3 is 2.29 bits per heavy atom. The number of nitrogens with zero attached hydrogens (tertiary/aromatic N) is 2.